The predicted octanol–water partition coefficient (Wildman–Crippen LogP) is 2.43. The normalized spacial score (nSPS) is 15.1. The minimum absolute atomic E-state index is 0.0151. The molecule has 0 bridgehead atoms. The molecule has 2 rings (SSSR count). The van der Waals surface area contributed by atoms with Crippen molar-refractivity contribution >= 4 is 28.3 Å². The van der Waals surface area contributed by atoms with Gasteiger partial charge in [0, 0.05) is 37.4 Å². The highest BCUT2D eigenvalue weighted by Crippen LogP contribution is 2.33. The van der Waals surface area contributed by atoms with Gasteiger partial charge in [-0.3, -0.25) is 0 Å². The van der Waals surface area contributed by atoms with Crippen LogP contribution in [0.5, 0.6) is 5.75 Å². The van der Waals surface area contributed by atoms with E-state index in [1.807, 2.05) is 4.90 Å². The van der Waals surface area contributed by atoms with Crippen LogP contribution in [0, 0.1) is 6.92 Å². The molecule has 0 unspecified atom stereocenters. The van der Waals surface area contributed by atoms with Gasteiger partial charge in [0.05, 0.1) is 12.7 Å². The van der Waals surface area contributed by atoms with E-state index < -0.39 is 28.2 Å². The highest BCUT2D eigenvalue weighted by atomic mass is 32.3. The van der Waals surface area contributed by atoms with E-state index in [1.165, 1.54) is 13.2 Å². The number of benzene rings is 1. The lowest BCUT2D eigenvalue weighted by molar-refractivity contribution is 0.0240. The van der Waals surface area contributed by atoms with Crippen LogP contribution in [0.2, 0.25) is 0 Å². The number of hydrogen-bond donors (Lipinski definition) is 0. The molecule has 9 nitrogen and oxygen atoms in total. The SMILES string of the molecule is COC(=O)c1cc(OS(=O)(=O)F)c(C)c(N2CCN(C(=O)OC(C)(C)C)CC2)c1. The lowest BCUT2D eigenvalue weighted by atomic mass is 10.1. The molecule has 11 heteroatoms. The maximum absolute atomic E-state index is 13.1. The third-order valence-electron chi connectivity index (χ3n) is 4.22. The van der Waals surface area contributed by atoms with Crippen molar-refractivity contribution < 1.29 is 35.5 Å². The number of carbonyl (C=O) groups excluding carboxylic acids is 2. The van der Waals surface area contributed by atoms with Gasteiger partial charge in [0.25, 0.3) is 0 Å². The van der Waals surface area contributed by atoms with Gasteiger partial charge in [-0.2, -0.15) is 8.42 Å². The Morgan fingerprint density at radius 1 is 1.10 bits per heavy atom. The van der Waals surface area contributed by atoms with E-state index in [1.54, 1.807) is 32.6 Å². The molecular weight excluding hydrogens is 407 g/mol. The second-order valence-electron chi connectivity index (χ2n) is 7.54. The summed E-state index contributed by atoms with van der Waals surface area (Å²) in [6, 6.07) is 2.63. The van der Waals surface area contributed by atoms with Gasteiger partial charge in [-0.05, 0) is 39.8 Å². The molecule has 1 aliphatic rings. The Labute approximate surface area is 169 Å². The zero-order valence-corrected chi connectivity index (χ0v) is 17.8. The van der Waals surface area contributed by atoms with Gasteiger partial charge in [-0.1, -0.05) is 3.89 Å². The second-order valence-corrected chi connectivity index (χ2v) is 8.49. The van der Waals surface area contributed by atoms with Crippen LogP contribution in [0.25, 0.3) is 0 Å². The second kappa shape index (κ2) is 8.44. The number of piperazine rings is 1. The van der Waals surface area contributed by atoms with Crippen LogP contribution in [0.15, 0.2) is 12.1 Å². The van der Waals surface area contributed by atoms with Crippen LogP contribution < -0.4 is 9.08 Å². The predicted molar refractivity (Wildman–Crippen MR) is 103 cm³/mol. The molecule has 1 aliphatic heterocycles. The molecule has 0 N–H and O–H groups in total. The first kappa shape index (κ1) is 22.7. The number of anilines is 1. The largest absolute Gasteiger partial charge is 0.488 e. The number of carbonyl (C=O) groups is 2. The highest BCUT2D eigenvalue weighted by Gasteiger charge is 2.28. The molecule has 0 saturated carbocycles. The summed E-state index contributed by atoms with van der Waals surface area (Å²) >= 11 is 0. The summed E-state index contributed by atoms with van der Waals surface area (Å²) in [5, 5.41) is 0. The number of amides is 1. The number of methoxy groups -OCH3 is 1. The van der Waals surface area contributed by atoms with Gasteiger partial charge in [-0.25, -0.2) is 9.59 Å². The van der Waals surface area contributed by atoms with Crippen molar-refractivity contribution in [2.75, 3.05) is 38.2 Å². The molecule has 1 saturated heterocycles. The summed E-state index contributed by atoms with van der Waals surface area (Å²) in [6.07, 6.45) is -0.426. The zero-order valence-electron chi connectivity index (χ0n) is 17.0. The average Bonchev–Trinajstić information content (AvgIpc) is 2.60. The Hall–Kier alpha value is -2.56. The maximum Gasteiger partial charge on any atom is 0.488 e. The van der Waals surface area contributed by atoms with E-state index in [2.05, 4.69) is 8.92 Å². The van der Waals surface area contributed by atoms with Crippen LogP contribution in [0.3, 0.4) is 0 Å². The summed E-state index contributed by atoms with van der Waals surface area (Å²) in [5.74, 6) is -1.03. The fraction of sp³-hybridized carbons (Fsp3) is 0.556. The van der Waals surface area contributed by atoms with Gasteiger partial charge < -0.3 is 23.5 Å². The van der Waals surface area contributed by atoms with Crippen LogP contribution in [-0.2, 0) is 20.0 Å². The summed E-state index contributed by atoms with van der Waals surface area (Å²) in [6.45, 7) is 8.40. The van der Waals surface area contributed by atoms with Gasteiger partial charge in [0.15, 0.2) is 5.75 Å². The number of nitrogens with zero attached hydrogens (tertiary/aromatic N) is 2. The molecule has 0 atom stereocenters. The molecule has 1 aromatic rings. The number of esters is 1. The molecule has 0 aliphatic carbocycles. The van der Waals surface area contributed by atoms with Crippen molar-refractivity contribution in [3.05, 3.63) is 23.3 Å². The fourth-order valence-electron chi connectivity index (χ4n) is 2.89. The third-order valence-corrected chi connectivity index (χ3v) is 4.59. The smallest absolute Gasteiger partial charge is 0.465 e. The minimum atomic E-state index is -5.27. The first-order chi connectivity index (χ1) is 13.3. The van der Waals surface area contributed by atoms with Crippen molar-refractivity contribution in [3.8, 4) is 5.75 Å². The Bertz CT molecular complexity index is 888. The highest BCUT2D eigenvalue weighted by molar-refractivity contribution is 7.81. The van der Waals surface area contributed by atoms with E-state index in [0.29, 0.717) is 37.4 Å². The molecule has 1 fully saturated rings. The van der Waals surface area contributed by atoms with E-state index in [-0.39, 0.29) is 11.3 Å². The van der Waals surface area contributed by atoms with Crippen molar-refractivity contribution in [1.82, 2.24) is 4.90 Å². The number of hydrogen-bond acceptors (Lipinski definition) is 8. The summed E-state index contributed by atoms with van der Waals surface area (Å²) in [5.41, 5.74) is 0.227. The first-order valence-electron chi connectivity index (χ1n) is 8.90. The van der Waals surface area contributed by atoms with Crippen LogP contribution in [0.1, 0.15) is 36.7 Å². The lowest BCUT2D eigenvalue weighted by Gasteiger charge is -2.37. The quantitative estimate of drug-likeness (QED) is 0.528. The monoisotopic (exact) mass is 432 g/mol. The van der Waals surface area contributed by atoms with E-state index in [9.17, 15) is 21.9 Å². The molecule has 1 amide bonds. The van der Waals surface area contributed by atoms with E-state index in [4.69, 9.17) is 4.74 Å². The Morgan fingerprint density at radius 3 is 2.17 bits per heavy atom. The van der Waals surface area contributed by atoms with Crippen LogP contribution in [0.4, 0.5) is 14.4 Å². The number of rotatable bonds is 4. The van der Waals surface area contributed by atoms with Gasteiger partial charge in [0.1, 0.15) is 5.60 Å². The summed E-state index contributed by atoms with van der Waals surface area (Å²) in [4.78, 5) is 27.6. The Balaban J connectivity index is 2.27. The van der Waals surface area contributed by atoms with Crippen LogP contribution >= 0.6 is 0 Å². The van der Waals surface area contributed by atoms with Crippen molar-refractivity contribution in [2.24, 2.45) is 0 Å². The summed E-state index contributed by atoms with van der Waals surface area (Å²) in [7, 11) is -4.10. The minimum Gasteiger partial charge on any atom is -0.465 e. The van der Waals surface area contributed by atoms with E-state index in [0.717, 1.165) is 6.07 Å². The van der Waals surface area contributed by atoms with Gasteiger partial charge in [-0.15, -0.1) is 0 Å². The fourth-order valence-corrected chi connectivity index (χ4v) is 3.27. The number of ether oxygens (including phenoxy) is 2. The Kier molecular flexibility index (Phi) is 6.61. The van der Waals surface area contributed by atoms with E-state index >= 15 is 0 Å². The van der Waals surface area contributed by atoms with Crippen molar-refractivity contribution in [3.63, 3.8) is 0 Å². The molecular formula is C18H25FN2O7S. The third kappa shape index (κ3) is 6.21. The zero-order chi connectivity index (χ0) is 22.0. The maximum atomic E-state index is 13.1. The topological polar surface area (TPSA) is 102 Å². The molecule has 29 heavy (non-hydrogen) atoms. The molecule has 0 spiro atoms. The Morgan fingerprint density at radius 2 is 1.69 bits per heavy atom. The molecule has 0 aromatic heterocycles. The van der Waals surface area contributed by atoms with Crippen molar-refractivity contribution in [2.45, 2.75) is 33.3 Å². The number of halogens is 1. The van der Waals surface area contributed by atoms with Gasteiger partial charge >= 0.3 is 22.6 Å². The standard InChI is InChI=1S/C18H25FN2O7S/c1-12-14(10-13(16(22)26-5)11-15(12)28-29(19,24)25)20-6-8-21(9-7-20)17(23)27-18(2,3)4/h10-11H,6-9H2,1-5H3. The summed E-state index contributed by atoms with van der Waals surface area (Å²) < 4.78 is 49.4. The van der Waals surface area contributed by atoms with Gasteiger partial charge in [0.2, 0.25) is 0 Å². The molecule has 0 radical (unpaired) electrons. The average molecular weight is 432 g/mol. The molecule has 1 heterocycles. The van der Waals surface area contributed by atoms with Crippen molar-refractivity contribution in [1.29, 1.82) is 0 Å². The molecule has 1 aromatic carbocycles. The van der Waals surface area contributed by atoms with Crippen LogP contribution in [-0.4, -0.2) is 64.3 Å². The lowest BCUT2D eigenvalue weighted by Crippen LogP contribution is -2.50. The first-order valence-corrected chi connectivity index (χ1v) is 10.2. The molecule has 162 valence electrons.